The van der Waals surface area contributed by atoms with Gasteiger partial charge in [0.25, 0.3) is 0 Å². The minimum absolute atomic E-state index is 0.118. The van der Waals surface area contributed by atoms with Crippen LogP contribution in [0.4, 0.5) is 0 Å². The lowest BCUT2D eigenvalue weighted by Crippen LogP contribution is -2.50. The molecule has 0 aliphatic rings. The van der Waals surface area contributed by atoms with Gasteiger partial charge in [0.1, 0.15) is 5.54 Å². The van der Waals surface area contributed by atoms with E-state index in [2.05, 4.69) is 12.2 Å². The highest BCUT2D eigenvalue weighted by Gasteiger charge is 2.34. The van der Waals surface area contributed by atoms with Gasteiger partial charge in [-0.05, 0) is 12.0 Å². The van der Waals surface area contributed by atoms with Crippen LogP contribution < -0.4 is 11.1 Å². The van der Waals surface area contributed by atoms with Crippen molar-refractivity contribution in [3.8, 4) is 0 Å². The Morgan fingerprint density at radius 2 is 2.00 bits per heavy atom. The minimum atomic E-state index is -0.897. The summed E-state index contributed by atoms with van der Waals surface area (Å²) in [4.78, 5) is 11.9. The number of rotatable bonds is 5. The van der Waals surface area contributed by atoms with Crippen LogP contribution in [0.5, 0.6) is 0 Å². The van der Waals surface area contributed by atoms with E-state index in [9.17, 15) is 4.79 Å². The van der Waals surface area contributed by atoms with Crippen molar-refractivity contribution in [2.24, 2.45) is 5.73 Å². The van der Waals surface area contributed by atoms with Gasteiger partial charge in [0.15, 0.2) is 0 Å². The molecule has 0 saturated carbocycles. The fourth-order valence-corrected chi connectivity index (χ4v) is 1.80. The number of likely N-dealkylation sites (N-methyl/N-ethyl adjacent to an activating group) is 1. The lowest BCUT2D eigenvalue weighted by Gasteiger charge is -2.28. The molecule has 1 rings (SSSR count). The van der Waals surface area contributed by atoms with Gasteiger partial charge in [-0.1, -0.05) is 50.1 Å². The third kappa shape index (κ3) is 2.61. The highest BCUT2D eigenvalue weighted by atomic mass is 16.2. The molecule has 0 radical (unpaired) electrons. The summed E-state index contributed by atoms with van der Waals surface area (Å²) in [7, 11) is 1.62. The normalized spacial score (nSPS) is 14.2. The van der Waals surface area contributed by atoms with Gasteiger partial charge in [-0.15, -0.1) is 0 Å². The lowest BCUT2D eigenvalue weighted by atomic mass is 9.85. The predicted molar refractivity (Wildman–Crippen MR) is 65.9 cm³/mol. The molecule has 1 aromatic carbocycles. The van der Waals surface area contributed by atoms with Crippen LogP contribution in [0.25, 0.3) is 0 Å². The zero-order chi connectivity index (χ0) is 12.0. The third-order valence-electron chi connectivity index (χ3n) is 2.85. The highest BCUT2D eigenvalue weighted by Crippen LogP contribution is 2.24. The number of carbonyl (C=O) groups excluding carboxylic acids is 1. The highest BCUT2D eigenvalue weighted by molar-refractivity contribution is 5.87. The van der Waals surface area contributed by atoms with E-state index < -0.39 is 5.54 Å². The molecule has 16 heavy (non-hydrogen) atoms. The Hall–Kier alpha value is -1.35. The van der Waals surface area contributed by atoms with Crippen molar-refractivity contribution in [2.45, 2.75) is 31.7 Å². The largest absolute Gasteiger partial charge is 0.357 e. The predicted octanol–water partition coefficient (Wildman–Crippen LogP) is 1.78. The summed E-state index contributed by atoms with van der Waals surface area (Å²) >= 11 is 0. The fourth-order valence-electron chi connectivity index (χ4n) is 1.80. The van der Waals surface area contributed by atoms with E-state index in [1.165, 1.54) is 0 Å². The van der Waals surface area contributed by atoms with Crippen molar-refractivity contribution in [3.63, 3.8) is 0 Å². The van der Waals surface area contributed by atoms with Gasteiger partial charge in [0.2, 0.25) is 5.91 Å². The quantitative estimate of drug-likeness (QED) is 0.794. The van der Waals surface area contributed by atoms with Gasteiger partial charge < -0.3 is 11.1 Å². The molecule has 3 nitrogen and oxygen atoms in total. The first-order valence-corrected chi connectivity index (χ1v) is 5.71. The van der Waals surface area contributed by atoms with Crippen LogP contribution in [0.15, 0.2) is 30.3 Å². The van der Waals surface area contributed by atoms with Gasteiger partial charge in [0.05, 0.1) is 0 Å². The molecule has 1 amide bonds. The van der Waals surface area contributed by atoms with Crippen LogP contribution in [0, 0.1) is 0 Å². The Kier molecular flexibility index (Phi) is 4.50. The number of nitrogens with two attached hydrogens (primary N) is 1. The SMILES string of the molecule is CCCCC(N)(C(=O)NC)c1ccccc1. The van der Waals surface area contributed by atoms with Gasteiger partial charge in [0, 0.05) is 7.05 Å². The first kappa shape index (κ1) is 12.7. The zero-order valence-electron chi connectivity index (χ0n) is 9.99. The Bertz CT molecular complexity index is 337. The smallest absolute Gasteiger partial charge is 0.244 e. The molecule has 3 heteroatoms. The Balaban J connectivity index is 2.99. The zero-order valence-corrected chi connectivity index (χ0v) is 9.99. The molecule has 1 aromatic rings. The molecule has 0 saturated heterocycles. The molecular formula is C13H20N2O. The van der Waals surface area contributed by atoms with E-state index in [4.69, 9.17) is 5.73 Å². The van der Waals surface area contributed by atoms with Crippen LogP contribution >= 0.6 is 0 Å². The number of benzene rings is 1. The van der Waals surface area contributed by atoms with E-state index in [0.717, 1.165) is 18.4 Å². The fraction of sp³-hybridized carbons (Fsp3) is 0.462. The number of carbonyl (C=O) groups is 1. The van der Waals surface area contributed by atoms with Crippen LogP contribution in [-0.4, -0.2) is 13.0 Å². The van der Waals surface area contributed by atoms with E-state index in [-0.39, 0.29) is 5.91 Å². The molecule has 0 aromatic heterocycles. The number of hydrogen-bond donors (Lipinski definition) is 2. The second-order valence-corrected chi connectivity index (χ2v) is 4.02. The Morgan fingerprint density at radius 3 is 2.50 bits per heavy atom. The first-order valence-electron chi connectivity index (χ1n) is 5.71. The molecule has 0 fully saturated rings. The Morgan fingerprint density at radius 1 is 1.38 bits per heavy atom. The summed E-state index contributed by atoms with van der Waals surface area (Å²) in [5.41, 5.74) is 6.23. The van der Waals surface area contributed by atoms with Gasteiger partial charge in [-0.25, -0.2) is 0 Å². The monoisotopic (exact) mass is 220 g/mol. The van der Waals surface area contributed by atoms with Gasteiger partial charge >= 0.3 is 0 Å². The maximum Gasteiger partial charge on any atom is 0.244 e. The van der Waals surface area contributed by atoms with E-state index >= 15 is 0 Å². The van der Waals surface area contributed by atoms with Crippen LogP contribution in [0.3, 0.4) is 0 Å². The van der Waals surface area contributed by atoms with Crippen LogP contribution in [-0.2, 0) is 10.3 Å². The molecule has 88 valence electrons. The number of unbranched alkanes of at least 4 members (excludes halogenated alkanes) is 1. The molecule has 0 aliphatic carbocycles. The van der Waals surface area contributed by atoms with E-state index in [1.807, 2.05) is 30.3 Å². The van der Waals surface area contributed by atoms with E-state index in [1.54, 1.807) is 7.05 Å². The molecule has 1 unspecified atom stereocenters. The van der Waals surface area contributed by atoms with Gasteiger partial charge in [-0.2, -0.15) is 0 Å². The summed E-state index contributed by atoms with van der Waals surface area (Å²) in [6.07, 6.45) is 2.65. The average molecular weight is 220 g/mol. The van der Waals surface area contributed by atoms with Crippen molar-refractivity contribution in [3.05, 3.63) is 35.9 Å². The van der Waals surface area contributed by atoms with Crippen molar-refractivity contribution < 1.29 is 4.79 Å². The van der Waals surface area contributed by atoms with Crippen LogP contribution in [0.1, 0.15) is 31.7 Å². The number of nitrogens with one attached hydrogen (secondary N) is 1. The first-order chi connectivity index (χ1) is 7.65. The maximum absolute atomic E-state index is 11.9. The van der Waals surface area contributed by atoms with Gasteiger partial charge in [-0.3, -0.25) is 4.79 Å². The minimum Gasteiger partial charge on any atom is -0.357 e. The summed E-state index contributed by atoms with van der Waals surface area (Å²) in [5, 5.41) is 2.65. The maximum atomic E-state index is 11.9. The summed E-state index contributed by atoms with van der Waals surface area (Å²) in [5.74, 6) is -0.118. The second kappa shape index (κ2) is 5.66. The molecule has 3 N–H and O–H groups in total. The number of amides is 1. The van der Waals surface area contributed by atoms with Crippen molar-refractivity contribution in [1.29, 1.82) is 0 Å². The molecule has 0 aliphatic heterocycles. The van der Waals surface area contributed by atoms with Crippen molar-refractivity contribution >= 4 is 5.91 Å². The standard InChI is InChI=1S/C13H20N2O/c1-3-4-10-13(14,12(16)15-2)11-8-6-5-7-9-11/h5-9H,3-4,10,14H2,1-2H3,(H,15,16). The molecular weight excluding hydrogens is 200 g/mol. The topological polar surface area (TPSA) is 55.1 Å². The van der Waals surface area contributed by atoms with Crippen molar-refractivity contribution in [2.75, 3.05) is 7.05 Å². The number of hydrogen-bond acceptors (Lipinski definition) is 2. The molecule has 1 atom stereocenters. The second-order valence-electron chi connectivity index (χ2n) is 4.02. The lowest BCUT2D eigenvalue weighted by molar-refractivity contribution is -0.126. The molecule has 0 bridgehead atoms. The molecule has 0 spiro atoms. The van der Waals surface area contributed by atoms with Crippen molar-refractivity contribution in [1.82, 2.24) is 5.32 Å². The summed E-state index contributed by atoms with van der Waals surface area (Å²) in [6, 6.07) is 9.56. The van der Waals surface area contributed by atoms with Crippen LogP contribution in [0.2, 0.25) is 0 Å². The summed E-state index contributed by atoms with van der Waals surface area (Å²) in [6.45, 7) is 2.09. The summed E-state index contributed by atoms with van der Waals surface area (Å²) < 4.78 is 0. The third-order valence-corrected chi connectivity index (χ3v) is 2.85. The molecule has 0 heterocycles. The average Bonchev–Trinajstić information content (AvgIpc) is 2.36. The van der Waals surface area contributed by atoms with E-state index in [0.29, 0.717) is 6.42 Å². The Labute approximate surface area is 97.0 Å².